The van der Waals surface area contributed by atoms with E-state index < -0.39 is 11.6 Å². The third-order valence-electron chi connectivity index (χ3n) is 10.9. The zero-order valence-corrected chi connectivity index (χ0v) is 25.6. The van der Waals surface area contributed by atoms with Crippen LogP contribution in [0.3, 0.4) is 0 Å². The number of nitrogens with two attached hydrogens (primary N) is 1. The third-order valence-corrected chi connectivity index (χ3v) is 11.8. The quantitative estimate of drug-likeness (QED) is 0.269. The molecule has 4 saturated heterocycles. The first-order valence-corrected chi connectivity index (χ1v) is 16.7. The molecule has 2 bridgehead atoms. The van der Waals surface area contributed by atoms with Crippen molar-refractivity contribution in [3.8, 4) is 17.1 Å². The molecule has 2 aromatic carbocycles. The van der Waals surface area contributed by atoms with Crippen LogP contribution in [0, 0.1) is 17.6 Å². The Kier molecular flexibility index (Phi) is 6.18. The van der Waals surface area contributed by atoms with Crippen LogP contribution < -0.4 is 20.7 Å². The first kappa shape index (κ1) is 27.8. The van der Waals surface area contributed by atoms with Crippen LogP contribution in [0.25, 0.3) is 32.2 Å². The molecule has 6 heterocycles. The van der Waals surface area contributed by atoms with E-state index in [4.69, 9.17) is 15.5 Å². The minimum Gasteiger partial charge on any atom is -0.461 e. The summed E-state index contributed by atoms with van der Waals surface area (Å²) in [6.07, 6.45) is 7.92. The van der Waals surface area contributed by atoms with Gasteiger partial charge in [0.25, 0.3) is 0 Å². The van der Waals surface area contributed by atoms with Crippen LogP contribution in [-0.4, -0.2) is 69.8 Å². The number of fused-ring (bicyclic) bond motifs is 5. The molecule has 1 aliphatic carbocycles. The molecule has 0 amide bonds. The molecule has 3 N–H and O–H groups in total. The molecule has 0 spiro atoms. The monoisotopic (exact) mass is 633 g/mol. The number of halogens is 3. The molecule has 45 heavy (non-hydrogen) atoms. The molecule has 1 saturated carbocycles. The Morgan fingerprint density at radius 3 is 2.78 bits per heavy atom. The minimum atomic E-state index is -0.542. The van der Waals surface area contributed by atoms with Crippen molar-refractivity contribution in [3.63, 3.8) is 0 Å². The second-order valence-corrected chi connectivity index (χ2v) is 14.7. The predicted octanol–water partition coefficient (Wildman–Crippen LogP) is 5.96. The summed E-state index contributed by atoms with van der Waals surface area (Å²) in [6, 6.07) is 6.88. The number of aromatic nitrogens is 3. The molecular weight excluding hydrogens is 599 g/mol. The standard InChI is InChI=1S/C33H34F3N7OS/c34-13-18-12-32(9-1-11-43(32)14-18)17-44-31-39-26-23(29(40-31)42-15-20-8-10-33(16-42,41-20)19-2-3-19)5-4-21(25(26)36)22-6-7-24(35)28-27(22)38-30(37)45-28/h4-7,13,19-20,41H,1-3,8-12,14-17H2,(H2,37,38)/b18-13-/t20-,32-,33+/m0/s1. The summed E-state index contributed by atoms with van der Waals surface area (Å²) in [5.74, 6) is 0.328. The summed E-state index contributed by atoms with van der Waals surface area (Å²) in [4.78, 5) is 18.5. The number of hydrogen-bond acceptors (Lipinski definition) is 9. The fourth-order valence-electron chi connectivity index (χ4n) is 8.66. The molecule has 3 atom stereocenters. The lowest BCUT2D eigenvalue weighted by atomic mass is 9.90. The maximum absolute atomic E-state index is 16.8. The van der Waals surface area contributed by atoms with Crippen molar-refractivity contribution >= 4 is 43.4 Å². The van der Waals surface area contributed by atoms with Gasteiger partial charge < -0.3 is 20.7 Å². The van der Waals surface area contributed by atoms with E-state index in [1.165, 1.54) is 25.0 Å². The van der Waals surface area contributed by atoms with Gasteiger partial charge in [0.2, 0.25) is 0 Å². The number of piperazine rings is 1. The van der Waals surface area contributed by atoms with Gasteiger partial charge in [-0.2, -0.15) is 9.97 Å². The highest BCUT2D eigenvalue weighted by atomic mass is 32.1. The SMILES string of the molecule is Nc1nc2c(-c3ccc4c(N5C[C@@H]6CC[C@](C7CC7)(C5)N6)nc(OC[C@@]56CCCN5C/C(=C\F)C6)nc4c3F)ccc(F)c2s1. The number of nitrogens with one attached hydrogen (secondary N) is 1. The van der Waals surface area contributed by atoms with Gasteiger partial charge in [0, 0.05) is 47.7 Å². The molecule has 234 valence electrons. The molecule has 5 aliphatic rings. The van der Waals surface area contributed by atoms with E-state index in [-0.39, 0.29) is 38.0 Å². The van der Waals surface area contributed by atoms with Crippen molar-refractivity contribution in [2.75, 3.05) is 43.4 Å². The molecule has 12 heteroatoms. The Morgan fingerprint density at radius 2 is 1.93 bits per heavy atom. The highest BCUT2D eigenvalue weighted by Crippen LogP contribution is 2.49. The molecule has 4 aliphatic heterocycles. The molecule has 9 rings (SSSR count). The average Bonchev–Trinajstić information content (AvgIpc) is 3.44. The zero-order valence-electron chi connectivity index (χ0n) is 24.8. The van der Waals surface area contributed by atoms with Crippen LogP contribution in [-0.2, 0) is 0 Å². The molecule has 4 aromatic rings. The van der Waals surface area contributed by atoms with Crippen molar-refractivity contribution in [1.82, 2.24) is 25.2 Å². The summed E-state index contributed by atoms with van der Waals surface area (Å²) in [6.45, 7) is 3.34. The fourth-order valence-corrected chi connectivity index (χ4v) is 9.43. The zero-order chi connectivity index (χ0) is 30.5. The maximum atomic E-state index is 16.8. The minimum absolute atomic E-state index is 0.0478. The highest BCUT2D eigenvalue weighted by Gasteiger charge is 2.53. The second kappa shape index (κ2) is 10.0. The lowest BCUT2D eigenvalue weighted by Gasteiger charge is -2.42. The first-order chi connectivity index (χ1) is 21.8. The summed E-state index contributed by atoms with van der Waals surface area (Å²) in [5.41, 5.74) is 7.62. The van der Waals surface area contributed by atoms with Crippen LogP contribution in [0.1, 0.15) is 44.9 Å². The summed E-state index contributed by atoms with van der Waals surface area (Å²) < 4.78 is 51.6. The molecule has 0 unspecified atom stereocenters. The van der Waals surface area contributed by atoms with Crippen molar-refractivity contribution in [1.29, 1.82) is 0 Å². The van der Waals surface area contributed by atoms with Crippen LogP contribution >= 0.6 is 11.3 Å². The van der Waals surface area contributed by atoms with Crippen molar-refractivity contribution in [2.45, 2.75) is 62.1 Å². The topological polar surface area (TPSA) is 92.4 Å². The number of benzene rings is 2. The van der Waals surface area contributed by atoms with Gasteiger partial charge in [0.15, 0.2) is 10.9 Å². The van der Waals surface area contributed by atoms with Crippen molar-refractivity contribution in [2.24, 2.45) is 5.92 Å². The molecular formula is C33H34F3N7OS. The van der Waals surface area contributed by atoms with Gasteiger partial charge in [0.05, 0.1) is 22.1 Å². The van der Waals surface area contributed by atoms with E-state index in [0.29, 0.717) is 53.8 Å². The summed E-state index contributed by atoms with van der Waals surface area (Å²) in [7, 11) is 0. The maximum Gasteiger partial charge on any atom is 0.319 e. The Balaban J connectivity index is 1.16. The summed E-state index contributed by atoms with van der Waals surface area (Å²) in [5, 5.41) is 4.74. The number of anilines is 2. The van der Waals surface area contributed by atoms with E-state index >= 15 is 4.39 Å². The number of hydrogen-bond donors (Lipinski definition) is 2. The van der Waals surface area contributed by atoms with Crippen LogP contribution in [0.4, 0.5) is 24.1 Å². The van der Waals surface area contributed by atoms with Gasteiger partial charge in [-0.05, 0) is 81.2 Å². The first-order valence-electron chi connectivity index (χ1n) is 15.9. The third kappa shape index (κ3) is 4.35. The lowest BCUT2D eigenvalue weighted by Crippen LogP contribution is -2.61. The number of rotatable bonds is 6. The van der Waals surface area contributed by atoms with E-state index in [0.717, 1.165) is 68.6 Å². The second-order valence-electron chi connectivity index (χ2n) is 13.7. The largest absolute Gasteiger partial charge is 0.461 e. The Labute approximate surface area is 262 Å². The van der Waals surface area contributed by atoms with Crippen molar-refractivity contribution in [3.05, 3.63) is 47.8 Å². The van der Waals surface area contributed by atoms with Gasteiger partial charge in [-0.15, -0.1) is 0 Å². The van der Waals surface area contributed by atoms with Gasteiger partial charge >= 0.3 is 6.01 Å². The van der Waals surface area contributed by atoms with E-state index in [9.17, 15) is 8.78 Å². The number of nitrogen functional groups attached to an aromatic ring is 1. The smallest absolute Gasteiger partial charge is 0.319 e. The molecule has 5 fully saturated rings. The molecule has 2 aromatic heterocycles. The Morgan fingerprint density at radius 1 is 1.07 bits per heavy atom. The van der Waals surface area contributed by atoms with Gasteiger partial charge in [-0.25, -0.2) is 18.2 Å². The molecule has 0 radical (unpaired) electrons. The number of ether oxygens (including phenoxy) is 1. The van der Waals surface area contributed by atoms with Crippen molar-refractivity contribution < 1.29 is 17.9 Å². The highest BCUT2D eigenvalue weighted by molar-refractivity contribution is 7.22. The average molecular weight is 634 g/mol. The summed E-state index contributed by atoms with van der Waals surface area (Å²) >= 11 is 1.04. The number of nitrogens with zero attached hydrogens (tertiary/aromatic N) is 5. The lowest BCUT2D eigenvalue weighted by molar-refractivity contribution is 0.108. The van der Waals surface area contributed by atoms with Crippen LogP contribution in [0.5, 0.6) is 6.01 Å². The Hall–Kier alpha value is -3.48. The fraction of sp³-hybridized carbons (Fsp3) is 0.485. The van der Waals surface area contributed by atoms with E-state index in [1.807, 2.05) is 6.07 Å². The normalized spacial score (nSPS) is 29.0. The van der Waals surface area contributed by atoms with E-state index in [2.05, 4.69) is 25.1 Å². The van der Waals surface area contributed by atoms with E-state index in [1.54, 1.807) is 6.07 Å². The Bertz CT molecular complexity index is 1900. The van der Waals surface area contributed by atoms with Crippen LogP contribution in [0.2, 0.25) is 0 Å². The van der Waals surface area contributed by atoms with Gasteiger partial charge in [-0.1, -0.05) is 17.4 Å². The molecule has 8 nitrogen and oxygen atoms in total. The number of thiazole rings is 1. The van der Waals surface area contributed by atoms with Gasteiger partial charge in [-0.3, -0.25) is 4.90 Å². The predicted molar refractivity (Wildman–Crippen MR) is 169 cm³/mol. The van der Waals surface area contributed by atoms with Gasteiger partial charge in [0.1, 0.15) is 23.8 Å². The van der Waals surface area contributed by atoms with Crippen LogP contribution in [0.15, 0.2) is 36.2 Å².